The summed E-state index contributed by atoms with van der Waals surface area (Å²) < 4.78 is 5.31. The highest BCUT2D eigenvalue weighted by Gasteiger charge is 2.14. The Morgan fingerprint density at radius 3 is 2.63 bits per heavy atom. The zero-order valence-electron chi connectivity index (χ0n) is 14.9. The zero-order valence-corrected chi connectivity index (χ0v) is 15.7. The van der Waals surface area contributed by atoms with Gasteiger partial charge in [0, 0.05) is 11.1 Å². The van der Waals surface area contributed by atoms with Crippen LogP contribution in [-0.2, 0) is 0 Å². The number of methoxy groups -OCH3 is 1. The Kier molecular flexibility index (Phi) is 5.88. The molecule has 2 N–H and O–H groups in total. The number of nitrogens with zero attached hydrogens (tertiary/aromatic N) is 2. The Morgan fingerprint density at radius 2 is 1.89 bits per heavy atom. The molecule has 0 radical (unpaired) electrons. The summed E-state index contributed by atoms with van der Waals surface area (Å²) in [5, 5.41) is 6.59. The van der Waals surface area contributed by atoms with Gasteiger partial charge >= 0.3 is 0 Å². The van der Waals surface area contributed by atoms with Crippen molar-refractivity contribution in [2.45, 2.75) is 13.0 Å². The van der Waals surface area contributed by atoms with Crippen molar-refractivity contribution in [3.8, 4) is 5.75 Å². The average Bonchev–Trinajstić information content (AvgIpc) is 2.69. The van der Waals surface area contributed by atoms with Crippen molar-refractivity contribution in [2.75, 3.05) is 12.4 Å². The fourth-order valence-corrected chi connectivity index (χ4v) is 2.73. The van der Waals surface area contributed by atoms with Gasteiger partial charge in [-0.25, -0.2) is 9.97 Å². The van der Waals surface area contributed by atoms with E-state index in [1.807, 2.05) is 37.3 Å². The number of anilines is 2. The summed E-state index contributed by atoms with van der Waals surface area (Å²) >= 11 is 6.04. The minimum Gasteiger partial charge on any atom is -0.495 e. The van der Waals surface area contributed by atoms with Gasteiger partial charge in [0.1, 0.15) is 23.6 Å². The van der Waals surface area contributed by atoms with Crippen molar-refractivity contribution in [1.29, 1.82) is 0 Å². The molecule has 0 saturated heterocycles. The number of aromatic nitrogens is 2. The van der Waals surface area contributed by atoms with E-state index in [1.165, 1.54) is 6.33 Å². The molecule has 2 aromatic carbocycles. The molecule has 1 heterocycles. The van der Waals surface area contributed by atoms with Crippen molar-refractivity contribution >= 4 is 29.0 Å². The molecule has 0 aliphatic heterocycles. The summed E-state index contributed by atoms with van der Waals surface area (Å²) in [6.45, 7) is 1.92. The quantitative estimate of drug-likeness (QED) is 0.661. The molecule has 1 amide bonds. The van der Waals surface area contributed by atoms with Crippen LogP contribution in [0.25, 0.3) is 0 Å². The lowest BCUT2D eigenvalue weighted by molar-refractivity contribution is 0.0934. The second-order valence-electron chi connectivity index (χ2n) is 5.86. The minimum atomic E-state index is -0.283. The average molecular weight is 383 g/mol. The molecular weight excluding hydrogens is 364 g/mol. The van der Waals surface area contributed by atoms with Crippen LogP contribution in [0.2, 0.25) is 5.02 Å². The Bertz CT molecular complexity index is 934. The van der Waals surface area contributed by atoms with E-state index in [-0.39, 0.29) is 17.6 Å². The molecule has 6 nitrogen and oxygen atoms in total. The third kappa shape index (κ3) is 4.74. The number of halogens is 1. The van der Waals surface area contributed by atoms with Crippen LogP contribution in [-0.4, -0.2) is 23.0 Å². The molecule has 1 unspecified atom stereocenters. The molecule has 7 heteroatoms. The molecule has 1 aromatic heterocycles. The zero-order chi connectivity index (χ0) is 19.2. The first-order valence-electron chi connectivity index (χ1n) is 8.35. The number of hydrogen-bond donors (Lipinski definition) is 2. The van der Waals surface area contributed by atoms with Gasteiger partial charge < -0.3 is 15.4 Å². The van der Waals surface area contributed by atoms with Crippen molar-refractivity contribution in [1.82, 2.24) is 15.3 Å². The first-order valence-corrected chi connectivity index (χ1v) is 8.73. The van der Waals surface area contributed by atoms with Crippen LogP contribution in [0.15, 0.2) is 60.9 Å². The van der Waals surface area contributed by atoms with Gasteiger partial charge in [0.2, 0.25) is 0 Å². The number of carbonyl (C=O) groups is 1. The molecule has 0 spiro atoms. The summed E-state index contributed by atoms with van der Waals surface area (Å²) in [7, 11) is 1.57. The smallest absolute Gasteiger partial charge is 0.270 e. The van der Waals surface area contributed by atoms with Crippen LogP contribution in [0.3, 0.4) is 0 Å². The molecule has 0 fully saturated rings. The van der Waals surface area contributed by atoms with Gasteiger partial charge in [-0.05, 0) is 30.7 Å². The first kappa shape index (κ1) is 18.7. The molecule has 0 aliphatic carbocycles. The van der Waals surface area contributed by atoms with Crippen LogP contribution >= 0.6 is 11.6 Å². The standard InChI is InChI=1S/C20H19ClN4O2/c1-13(14-6-4-3-5-7-14)24-20(26)17-11-19(23-12-22-17)25-16-10-15(21)8-9-18(16)27-2/h3-13H,1-2H3,(H,24,26)(H,22,23,25). The third-order valence-corrected chi connectivity index (χ3v) is 4.21. The molecule has 1 atom stereocenters. The summed E-state index contributed by atoms with van der Waals surface area (Å²) in [5.74, 6) is 0.791. The van der Waals surface area contributed by atoms with Crippen LogP contribution in [0.1, 0.15) is 29.0 Å². The van der Waals surface area contributed by atoms with E-state index in [4.69, 9.17) is 16.3 Å². The van der Waals surface area contributed by atoms with Crippen LogP contribution in [0.5, 0.6) is 5.75 Å². The molecule has 138 valence electrons. The highest BCUT2D eigenvalue weighted by Crippen LogP contribution is 2.29. The SMILES string of the molecule is COc1ccc(Cl)cc1Nc1cc(C(=O)NC(C)c2ccccc2)ncn1. The largest absolute Gasteiger partial charge is 0.495 e. The number of nitrogens with one attached hydrogen (secondary N) is 2. The molecular formula is C20H19ClN4O2. The van der Waals surface area contributed by atoms with E-state index >= 15 is 0 Å². The fourth-order valence-electron chi connectivity index (χ4n) is 2.56. The van der Waals surface area contributed by atoms with Gasteiger partial charge in [-0.3, -0.25) is 4.79 Å². The maximum absolute atomic E-state index is 12.5. The van der Waals surface area contributed by atoms with E-state index in [0.29, 0.717) is 22.3 Å². The molecule has 0 saturated carbocycles. The van der Waals surface area contributed by atoms with Crippen LogP contribution in [0, 0.1) is 0 Å². The predicted octanol–water partition coefficient (Wildman–Crippen LogP) is 4.37. The number of amides is 1. The number of ether oxygens (including phenoxy) is 1. The van der Waals surface area contributed by atoms with Gasteiger partial charge in [-0.2, -0.15) is 0 Å². The summed E-state index contributed by atoms with van der Waals surface area (Å²) in [6.07, 6.45) is 1.33. The Labute approximate surface area is 162 Å². The number of hydrogen-bond acceptors (Lipinski definition) is 5. The van der Waals surface area contributed by atoms with E-state index in [0.717, 1.165) is 5.56 Å². The Hall–Kier alpha value is -3.12. The maximum Gasteiger partial charge on any atom is 0.270 e. The number of rotatable bonds is 6. The second kappa shape index (κ2) is 8.51. The van der Waals surface area contributed by atoms with Gasteiger partial charge in [0.25, 0.3) is 5.91 Å². The van der Waals surface area contributed by atoms with Crippen molar-refractivity contribution < 1.29 is 9.53 Å². The van der Waals surface area contributed by atoms with E-state index in [9.17, 15) is 4.79 Å². The van der Waals surface area contributed by atoms with Crippen molar-refractivity contribution in [2.24, 2.45) is 0 Å². The predicted molar refractivity (Wildman–Crippen MR) is 106 cm³/mol. The second-order valence-corrected chi connectivity index (χ2v) is 6.30. The van der Waals surface area contributed by atoms with Crippen LogP contribution in [0.4, 0.5) is 11.5 Å². The van der Waals surface area contributed by atoms with E-state index in [1.54, 1.807) is 31.4 Å². The molecule has 27 heavy (non-hydrogen) atoms. The molecule has 3 rings (SSSR count). The number of benzene rings is 2. The lowest BCUT2D eigenvalue weighted by Crippen LogP contribution is -2.27. The Morgan fingerprint density at radius 1 is 1.11 bits per heavy atom. The fraction of sp³-hybridized carbons (Fsp3) is 0.150. The van der Waals surface area contributed by atoms with Gasteiger partial charge in [-0.1, -0.05) is 41.9 Å². The van der Waals surface area contributed by atoms with Gasteiger partial charge in [0.05, 0.1) is 18.8 Å². The normalized spacial score (nSPS) is 11.5. The molecule has 0 bridgehead atoms. The van der Waals surface area contributed by atoms with Gasteiger partial charge in [-0.15, -0.1) is 0 Å². The Balaban J connectivity index is 1.75. The van der Waals surface area contributed by atoms with Crippen molar-refractivity contribution in [3.05, 3.63) is 77.2 Å². The summed E-state index contributed by atoms with van der Waals surface area (Å²) in [5.41, 5.74) is 1.92. The summed E-state index contributed by atoms with van der Waals surface area (Å²) in [6, 6.07) is 16.4. The highest BCUT2D eigenvalue weighted by molar-refractivity contribution is 6.31. The monoisotopic (exact) mass is 382 g/mol. The topological polar surface area (TPSA) is 76.1 Å². The molecule has 0 aliphatic rings. The highest BCUT2D eigenvalue weighted by atomic mass is 35.5. The van der Waals surface area contributed by atoms with E-state index < -0.39 is 0 Å². The van der Waals surface area contributed by atoms with Crippen molar-refractivity contribution in [3.63, 3.8) is 0 Å². The molecule has 3 aromatic rings. The minimum absolute atomic E-state index is 0.141. The van der Waals surface area contributed by atoms with Crippen LogP contribution < -0.4 is 15.4 Å². The lowest BCUT2D eigenvalue weighted by Gasteiger charge is -2.14. The summed E-state index contributed by atoms with van der Waals surface area (Å²) in [4.78, 5) is 20.8. The third-order valence-electron chi connectivity index (χ3n) is 3.97. The lowest BCUT2D eigenvalue weighted by atomic mass is 10.1. The van der Waals surface area contributed by atoms with Gasteiger partial charge in [0.15, 0.2) is 0 Å². The number of carbonyl (C=O) groups excluding carboxylic acids is 1. The maximum atomic E-state index is 12.5. The van der Waals surface area contributed by atoms with E-state index in [2.05, 4.69) is 20.6 Å². The first-order chi connectivity index (χ1) is 13.1.